The Bertz CT molecular complexity index is 55.2. The van der Waals surface area contributed by atoms with Gasteiger partial charge < -0.3 is 0 Å². The molecule has 0 saturated heterocycles. The molecule has 0 aromatic heterocycles. The van der Waals surface area contributed by atoms with Crippen molar-refractivity contribution in [2.75, 3.05) is 0 Å². The third kappa shape index (κ3) is 6.41. The van der Waals surface area contributed by atoms with Gasteiger partial charge in [0.15, 0.2) is 0 Å². The first-order valence-corrected chi connectivity index (χ1v) is 5.73. The maximum absolute atomic E-state index is 2.48. The molecule has 0 saturated carbocycles. The normalized spacial score (nSPS) is 11.4. The standard InChI is InChI=1S/C6H14Ge/c1-4-5-7-6(2)3/h5-7H,4H2,1-3H3. The van der Waals surface area contributed by atoms with Gasteiger partial charge in [-0.25, -0.2) is 0 Å². The van der Waals surface area contributed by atoms with Crippen molar-refractivity contribution in [2.45, 2.75) is 31.9 Å². The van der Waals surface area contributed by atoms with Crippen molar-refractivity contribution in [2.24, 2.45) is 0 Å². The second-order valence-electron chi connectivity index (χ2n) is 2.08. The quantitative estimate of drug-likeness (QED) is 0.534. The van der Waals surface area contributed by atoms with E-state index in [1.54, 1.807) is 0 Å². The molecule has 7 heavy (non-hydrogen) atoms. The van der Waals surface area contributed by atoms with Crippen LogP contribution < -0.4 is 0 Å². The first-order valence-electron chi connectivity index (χ1n) is 2.94. The summed E-state index contributed by atoms with van der Waals surface area (Å²) in [6, 6.07) is 0. The first-order chi connectivity index (χ1) is 3.27. The zero-order valence-corrected chi connectivity index (χ0v) is 7.86. The van der Waals surface area contributed by atoms with Crippen LogP contribution in [0.25, 0.3) is 0 Å². The fourth-order valence-electron chi connectivity index (χ4n) is 0.408. The van der Waals surface area contributed by atoms with Crippen molar-refractivity contribution in [1.82, 2.24) is 0 Å². The van der Waals surface area contributed by atoms with Crippen LogP contribution in [0.2, 0.25) is 4.75 Å². The third-order valence-corrected chi connectivity index (χ3v) is 3.93. The predicted molar refractivity (Wildman–Crippen MR) is 38.6 cm³/mol. The van der Waals surface area contributed by atoms with E-state index in [2.05, 4.69) is 25.6 Å². The number of hydrogen-bond acceptors (Lipinski definition) is 0. The van der Waals surface area contributed by atoms with E-state index >= 15 is 0 Å². The Morgan fingerprint density at radius 2 is 2.14 bits per heavy atom. The summed E-state index contributed by atoms with van der Waals surface area (Å²) in [6.07, 6.45) is 1.29. The minimum absolute atomic E-state index is 0.0894. The van der Waals surface area contributed by atoms with Gasteiger partial charge in [0.2, 0.25) is 0 Å². The summed E-state index contributed by atoms with van der Waals surface area (Å²) in [5.74, 6) is 0. The molecule has 0 bridgehead atoms. The fraction of sp³-hybridized carbons (Fsp3) is 0.833. The van der Waals surface area contributed by atoms with Crippen LogP contribution in [0.15, 0.2) is 0 Å². The van der Waals surface area contributed by atoms with Crippen LogP contribution in [0.4, 0.5) is 0 Å². The average Bonchev–Trinajstić information content (AvgIpc) is 1.61. The Morgan fingerprint density at radius 3 is 2.29 bits per heavy atom. The van der Waals surface area contributed by atoms with E-state index < -0.39 is 0 Å². The summed E-state index contributed by atoms with van der Waals surface area (Å²) in [5, 5.41) is 0. The Hall–Kier alpha value is 0.413. The van der Waals surface area contributed by atoms with Crippen molar-refractivity contribution < 1.29 is 0 Å². The van der Waals surface area contributed by atoms with E-state index in [9.17, 15) is 0 Å². The van der Waals surface area contributed by atoms with Crippen LogP contribution in [-0.4, -0.2) is 19.8 Å². The van der Waals surface area contributed by atoms with E-state index in [0.717, 1.165) is 4.75 Å². The Kier molecular flexibility index (Phi) is 4.84. The molecule has 0 atom stereocenters. The van der Waals surface area contributed by atoms with Crippen LogP contribution in [0.5, 0.6) is 0 Å². The monoisotopic (exact) mass is 160 g/mol. The molecule has 0 spiro atoms. The van der Waals surface area contributed by atoms with Gasteiger partial charge in [-0.1, -0.05) is 0 Å². The van der Waals surface area contributed by atoms with E-state index in [4.69, 9.17) is 0 Å². The summed E-state index contributed by atoms with van der Waals surface area (Å²) >= 11 is 0.0894. The van der Waals surface area contributed by atoms with Gasteiger partial charge >= 0.3 is 51.8 Å². The molecule has 0 aromatic carbocycles. The molecule has 0 unspecified atom stereocenters. The first kappa shape index (κ1) is 7.41. The molecule has 0 nitrogen and oxygen atoms in total. The average molecular weight is 159 g/mol. The van der Waals surface area contributed by atoms with Crippen LogP contribution in [0.1, 0.15) is 27.2 Å². The van der Waals surface area contributed by atoms with Gasteiger partial charge in [0, 0.05) is 0 Å². The van der Waals surface area contributed by atoms with E-state index in [0.29, 0.717) is 0 Å². The summed E-state index contributed by atoms with van der Waals surface area (Å²) in [4.78, 5) is 2.48. The van der Waals surface area contributed by atoms with Crippen molar-refractivity contribution in [1.29, 1.82) is 0 Å². The van der Waals surface area contributed by atoms with Crippen LogP contribution in [0.3, 0.4) is 0 Å². The molecule has 42 valence electrons. The molecule has 1 heteroatoms. The zero-order chi connectivity index (χ0) is 5.70. The molecule has 0 heterocycles. The van der Waals surface area contributed by atoms with Crippen molar-refractivity contribution in [3.05, 3.63) is 0 Å². The number of hydrogen-bond donors (Lipinski definition) is 0. The summed E-state index contributed by atoms with van der Waals surface area (Å²) in [7, 11) is 0. The van der Waals surface area contributed by atoms with Crippen LogP contribution in [-0.2, 0) is 0 Å². The fourth-order valence-corrected chi connectivity index (χ4v) is 2.12. The van der Waals surface area contributed by atoms with Crippen molar-refractivity contribution in [3.8, 4) is 0 Å². The van der Waals surface area contributed by atoms with Crippen molar-refractivity contribution >= 4 is 19.8 Å². The van der Waals surface area contributed by atoms with Crippen LogP contribution in [0, 0.1) is 0 Å². The molecule has 0 aliphatic carbocycles. The SMILES string of the molecule is CC[CH]=[GeH][CH](C)C. The Labute approximate surface area is 52.3 Å². The van der Waals surface area contributed by atoms with E-state index in [-0.39, 0.29) is 15.0 Å². The van der Waals surface area contributed by atoms with Gasteiger partial charge in [0.05, 0.1) is 0 Å². The topological polar surface area (TPSA) is 0 Å². The molecule has 0 amide bonds. The second-order valence-corrected chi connectivity index (χ2v) is 6.67. The molecule has 0 aliphatic heterocycles. The molecular weight excluding hydrogens is 145 g/mol. The summed E-state index contributed by atoms with van der Waals surface area (Å²) in [6.45, 7) is 6.85. The van der Waals surface area contributed by atoms with Gasteiger partial charge in [-0.05, 0) is 0 Å². The second kappa shape index (κ2) is 4.57. The maximum atomic E-state index is 2.48. The van der Waals surface area contributed by atoms with Gasteiger partial charge in [-0.15, -0.1) is 0 Å². The number of rotatable bonds is 2. The van der Waals surface area contributed by atoms with E-state index in [1.807, 2.05) is 0 Å². The van der Waals surface area contributed by atoms with Gasteiger partial charge in [0.1, 0.15) is 0 Å². The molecule has 0 N–H and O–H groups in total. The summed E-state index contributed by atoms with van der Waals surface area (Å²) in [5.41, 5.74) is 0. The van der Waals surface area contributed by atoms with Crippen LogP contribution >= 0.6 is 0 Å². The predicted octanol–water partition coefficient (Wildman–Crippen LogP) is 1.46. The van der Waals surface area contributed by atoms with Gasteiger partial charge in [-0.2, -0.15) is 0 Å². The zero-order valence-electron chi connectivity index (χ0n) is 5.44. The third-order valence-electron chi connectivity index (χ3n) is 0.757. The minimum atomic E-state index is 0.0894. The van der Waals surface area contributed by atoms with Crippen molar-refractivity contribution in [3.63, 3.8) is 0 Å². The van der Waals surface area contributed by atoms with E-state index in [1.165, 1.54) is 6.42 Å². The van der Waals surface area contributed by atoms with Gasteiger partial charge in [0.25, 0.3) is 0 Å². The molecular formula is C6H14Ge. The molecule has 0 aliphatic rings. The Morgan fingerprint density at radius 1 is 1.57 bits per heavy atom. The molecule has 0 fully saturated rings. The molecule has 0 aromatic rings. The molecule has 0 rings (SSSR count). The Balaban J connectivity index is 3.08. The summed E-state index contributed by atoms with van der Waals surface area (Å²) < 4.78 is 1.00. The van der Waals surface area contributed by atoms with Gasteiger partial charge in [-0.3, -0.25) is 0 Å². The molecule has 0 radical (unpaired) electrons.